The Morgan fingerprint density at radius 3 is 2.18 bits per heavy atom. The third-order valence-corrected chi connectivity index (χ3v) is 1.17. The van der Waals surface area contributed by atoms with Crippen LogP contribution >= 0.6 is 0 Å². The van der Waals surface area contributed by atoms with Crippen LogP contribution in [0.1, 0.15) is 33.6 Å². The fourth-order valence-electron chi connectivity index (χ4n) is 0.693. The summed E-state index contributed by atoms with van der Waals surface area (Å²) < 4.78 is 0. The molecule has 0 aromatic rings. The van der Waals surface area contributed by atoms with Crippen molar-refractivity contribution in [1.82, 2.24) is 0 Å². The average Bonchev–Trinajstić information content (AvgIpc) is 1.86. The van der Waals surface area contributed by atoms with Crippen LogP contribution < -0.4 is 0 Å². The number of rotatable bonds is 4. The van der Waals surface area contributed by atoms with Gasteiger partial charge >= 0.3 is 0 Å². The molecular weight excluding hydrogens is 140 g/mol. The number of carbonyl (C=O) groups excluding carboxylic acids is 2. The van der Waals surface area contributed by atoms with Crippen molar-refractivity contribution in [2.24, 2.45) is 0 Å². The van der Waals surface area contributed by atoms with Gasteiger partial charge in [0, 0.05) is 6.42 Å². The molecule has 0 rings (SSSR count). The van der Waals surface area contributed by atoms with Gasteiger partial charge in [-0.3, -0.25) is 9.59 Å². The zero-order chi connectivity index (χ0) is 8.85. The van der Waals surface area contributed by atoms with E-state index in [0.717, 1.165) is 12.0 Å². The van der Waals surface area contributed by atoms with Crippen LogP contribution in [0.3, 0.4) is 0 Å². The van der Waals surface area contributed by atoms with E-state index in [9.17, 15) is 9.59 Å². The van der Waals surface area contributed by atoms with Gasteiger partial charge in [-0.25, -0.2) is 0 Å². The van der Waals surface area contributed by atoms with Crippen LogP contribution in [0, 0.1) is 0 Å². The lowest BCUT2D eigenvalue weighted by Crippen LogP contribution is -2.10. The molecule has 0 aliphatic rings. The van der Waals surface area contributed by atoms with Gasteiger partial charge in [0.25, 0.3) is 0 Å². The largest absolute Gasteiger partial charge is 0.291 e. The molecule has 0 bridgehead atoms. The van der Waals surface area contributed by atoms with Gasteiger partial charge in [0.15, 0.2) is 0 Å². The van der Waals surface area contributed by atoms with Gasteiger partial charge in [0.1, 0.15) is 0 Å². The van der Waals surface area contributed by atoms with Crippen LogP contribution in [0.5, 0.6) is 0 Å². The highest BCUT2D eigenvalue weighted by Crippen LogP contribution is 1.95. The number of hydrogen-bond acceptors (Lipinski definition) is 2. The SMILES string of the molecule is CCCC(=O)C(=O)C=C(C)C. The molecule has 0 radical (unpaired) electrons. The summed E-state index contributed by atoms with van der Waals surface area (Å²) in [6.07, 6.45) is 2.49. The number of hydrogen-bond donors (Lipinski definition) is 0. The molecule has 0 aromatic carbocycles. The molecule has 0 atom stereocenters. The Balaban J connectivity index is 4.05. The summed E-state index contributed by atoms with van der Waals surface area (Å²) in [5.41, 5.74) is 0.874. The lowest BCUT2D eigenvalue weighted by atomic mass is 10.1. The minimum atomic E-state index is -0.369. The highest BCUT2D eigenvalue weighted by atomic mass is 16.2. The van der Waals surface area contributed by atoms with E-state index in [4.69, 9.17) is 0 Å². The molecule has 0 saturated heterocycles. The summed E-state index contributed by atoms with van der Waals surface area (Å²) in [5.74, 6) is -0.652. The maximum absolute atomic E-state index is 10.9. The Hall–Kier alpha value is -0.920. The van der Waals surface area contributed by atoms with Crippen molar-refractivity contribution in [3.8, 4) is 0 Å². The van der Waals surface area contributed by atoms with Crippen molar-refractivity contribution in [3.05, 3.63) is 11.6 Å². The predicted molar refractivity (Wildman–Crippen MR) is 44.4 cm³/mol. The fourth-order valence-corrected chi connectivity index (χ4v) is 0.693. The second kappa shape index (κ2) is 4.83. The minimum absolute atomic E-state index is 0.284. The molecule has 2 heteroatoms. The second-order valence-electron chi connectivity index (χ2n) is 2.76. The Morgan fingerprint density at radius 2 is 1.82 bits per heavy atom. The van der Waals surface area contributed by atoms with Crippen LogP contribution in [-0.2, 0) is 9.59 Å². The minimum Gasteiger partial charge on any atom is -0.291 e. The van der Waals surface area contributed by atoms with Crippen LogP contribution in [-0.4, -0.2) is 11.6 Å². The highest BCUT2D eigenvalue weighted by Gasteiger charge is 2.07. The maximum Gasteiger partial charge on any atom is 0.221 e. The molecule has 0 saturated carbocycles. The van der Waals surface area contributed by atoms with E-state index in [-0.39, 0.29) is 11.6 Å². The zero-order valence-corrected chi connectivity index (χ0v) is 7.31. The molecule has 0 fully saturated rings. The summed E-state index contributed by atoms with van der Waals surface area (Å²) >= 11 is 0. The monoisotopic (exact) mass is 154 g/mol. The van der Waals surface area contributed by atoms with Crippen molar-refractivity contribution < 1.29 is 9.59 Å². The van der Waals surface area contributed by atoms with Crippen LogP contribution in [0.4, 0.5) is 0 Å². The van der Waals surface area contributed by atoms with E-state index in [1.54, 1.807) is 13.8 Å². The summed E-state index contributed by atoms with van der Waals surface area (Å²) in [7, 11) is 0. The third-order valence-electron chi connectivity index (χ3n) is 1.17. The molecule has 0 heterocycles. The number of Topliss-reactive ketones (excluding diaryl/α,β-unsaturated/α-hetero) is 1. The first kappa shape index (κ1) is 10.1. The van der Waals surface area contributed by atoms with Crippen molar-refractivity contribution in [3.63, 3.8) is 0 Å². The molecule has 62 valence electrons. The quantitative estimate of drug-likeness (QED) is 0.457. The van der Waals surface area contributed by atoms with E-state index >= 15 is 0 Å². The van der Waals surface area contributed by atoms with Gasteiger partial charge in [-0.2, -0.15) is 0 Å². The third kappa shape index (κ3) is 4.48. The van der Waals surface area contributed by atoms with E-state index in [1.165, 1.54) is 6.08 Å². The Labute approximate surface area is 67.3 Å². The summed E-state index contributed by atoms with van der Waals surface area (Å²) in [4.78, 5) is 21.8. The first-order valence-electron chi connectivity index (χ1n) is 3.80. The van der Waals surface area contributed by atoms with E-state index < -0.39 is 0 Å². The van der Waals surface area contributed by atoms with Gasteiger partial charge in [-0.15, -0.1) is 0 Å². The Morgan fingerprint density at radius 1 is 1.27 bits per heavy atom. The molecule has 0 amide bonds. The van der Waals surface area contributed by atoms with Gasteiger partial charge in [-0.05, 0) is 26.3 Å². The van der Waals surface area contributed by atoms with Gasteiger partial charge in [0.2, 0.25) is 11.6 Å². The summed E-state index contributed by atoms with van der Waals surface area (Å²) in [6, 6.07) is 0. The first-order valence-corrected chi connectivity index (χ1v) is 3.80. The van der Waals surface area contributed by atoms with Crippen molar-refractivity contribution in [2.45, 2.75) is 33.6 Å². The van der Waals surface area contributed by atoms with E-state index in [0.29, 0.717) is 6.42 Å². The average molecular weight is 154 g/mol. The fraction of sp³-hybridized carbons (Fsp3) is 0.556. The van der Waals surface area contributed by atoms with E-state index in [1.807, 2.05) is 6.92 Å². The maximum atomic E-state index is 10.9. The van der Waals surface area contributed by atoms with E-state index in [2.05, 4.69) is 0 Å². The normalized spacial score (nSPS) is 9.00. The van der Waals surface area contributed by atoms with Crippen LogP contribution in [0.15, 0.2) is 11.6 Å². The number of carbonyl (C=O) groups is 2. The molecule has 0 unspecified atom stereocenters. The van der Waals surface area contributed by atoms with Gasteiger partial charge < -0.3 is 0 Å². The Bertz CT molecular complexity index is 186. The summed E-state index contributed by atoms with van der Waals surface area (Å²) in [5, 5.41) is 0. The molecule has 11 heavy (non-hydrogen) atoms. The van der Waals surface area contributed by atoms with Crippen LogP contribution in [0.25, 0.3) is 0 Å². The first-order chi connectivity index (χ1) is 5.07. The lowest BCUT2D eigenvalue weighted by Gasteiger charge is -1.92. The second-order valence-corrected chi connectivity index (χ2v) is 2.76. The molecule has 2 nitrogen and oxygen atoms in total. The predicted octanol–water partition coefficient (Wildman–Crippen LogP) is 1.89. The Kier molecular flexibility index (Phi) is 4.42. The van der Waals surface area contributed by atoms with Crippen molar-refractivity contribution in [1.29, 1.82) is 0 Å². The smallest absolute Gasteiger partial charge is 0.221 e. The number of allylic oxidation sites excluding steroid dienone is 2. The van der Waals surface area contributed by atoms with Gasteiger partial charge in [-0.1, -0.05) is 12.5 Å². The molecule has 0 spiro atoms. The molecule has 0 aliphatic heterocycles. The molecular formula is C9H14O2. The van der Waals surface area contributed by atoms with Gasteiger partial charge in [0.05, 0.1) is 0 Å². The summed E-state index contributed by atoms with van der Waals surface area (Å²) in [6.45, 7) is 5.49. The zero-order valence-electron chi connectivity index (χ0n) is 7.31. The topological polar surface area (TPSA) is 34.1 Å². The van der Waals surface area contributed by atoms with Crippen LogP contribution in [0.2, 0.25) is 0 Å². The molecule has 0 aliphatic carbocycles. The standard InChI is InChI=1S/C9H14O2/c1-4-5-8(10)9(11)6-7(2)3/h6H,4-5H2,1-3H3. The molecule has 0 N–H and O–H groups in total. The number of ketones is 2. The van der Waals surface area contributed by atoms with Crippen molar-refractivity contribution in [2.75, 3.05) is 0 Å². The molecule has 0 aromatic heterocycles. The highest BCUT2D eigenvalue weighted by molar-refractivity contribution is 6.41. The lowest BCUT2D eigenvalue weighted by molar-refractivity contribution is -0.133. The van der Waals surface area contributed by atoms with Crippen molar-refractivity contribution >= 4 is 11.6 Å².